The Morgan fingerprint density at radius 1 is 1.17 bits per heavy atom. The van der Waals surface area contributed by atoms with Crippen LogP contribution in [0.25, 0.3) is 0 Å². The molecule has 0 bridgehead atoms. The Hall–Kier alpha value is -0.610. The molecule has 1 aliphatic heterocycles. The number of carbonyl (C=O) groups excluding carboxylic acids is 1. The van der Waals surface area contributed by atoms with Crippen molar-refractivity contribution in [2.24, 2.45) is 0 Å². The molecule has 2 atom stereocenters. The van der Waals surface area contributed by atoms with E-state index < -0.39 is 0 Å². The number of rotatable bonds is 9. The van der Waals surface area contributed by atoms with Crippen molar-refractivity contribution in [1.82, 2.24) is 10.2 Å². The van der Waals surface area contributed by atoms with Crippen LogP contribution in [0.3, 0.4) is 0 Å². The standard InChI is InChI=1S/C14H28N2O2/c1-4-7-10-18-11-8-9-16-13(6-3)15-12(5-2)14(16)17/h12-13,15H,4-11H2,1-3H3. The van der Waals surface area contributed by atoms with E-state index in [9.17, 15) is 4.79 Å². The maximum Gasteiger partial charge on any atom is 0.241 e. The third-order valence-electron chi connectivity index (χ3n) is 3.48. The second-order valence-electron chi connectivity index (χ2n) is 4.90. The van der Waals surface area contributed by atoms with Crippen LogP contribution in [-0.4, -0.2) is 42.8 Å². The summed E-state index contributed by atoms with van der Waals surface area (Å²) >= 11 is 0. The van der Waals surface area contributed by atoms with E-state index in [4.69, 9.17) is 4.74 Å². The average molecular weight is 256 g/mol. The highest BCUT2D eigenvalue weighted by atomic mass is 16.5. The number of amides is 1. The van der Waals surface area contributed by atoms with Gasteiger partial charge in [-0.2, -0.15) is 0 Å². The second-order valence-corrected chi connectivity index (χ2v) is 4.90. The van der Waals surface area contributed by atoms with Crippen LogP contribution >= 0.6 is 0 Å². The van der Waals surface area contributed by atoms with Gasteiger partial charge >= 0.3 is 0 Å². The molecule has 1 N–H and O–H groups in total. The summed E-state index contributed by atoms with van der Waals surface area (Å²) in [5.74, 6) is 0.262. The lowest BCUT2D eigenvalue weighted by Crippen LogP contribution is -2.37. The Morgan fingerprint density at radius 3 is 2.50 bits per heavy atom. The second kappa shape index (κ2) is 8.48. The topological polar surface area (TPSA) is 41.6 Å². The molecule has 0 aliphatic carbocycles. The van der Waals surface area contributed by atoms with Crippen LogP contribution in [0.4, 0.5) is 0 Å². The summed E-state index contributed by atoms with van der Waals surface area (Å²) in [7, 11) is 0. The van der Waals surface area contributed by atoms with E-state index in [0.29, 0.717) is 0 Å². The fourth-order valence-electron chi connectivity index (χ4n) is 2.33. The molecule has 0 saturated carbocycles. The van der Waals surface area contributed by atoms with Crippen molar-refractivity contribution in [2.45, 2.75) is 65.1 Å². The molecule has 106 valence electrons. The van der Waals surface area contributed by atoms with E-state index >= 15 is 0 Å². The van der Waals surface area contributed by atoms with Gasteiger partial charge in [0.25, 0.3) is 0 Å². The molecule has 0 aromatic heterocycles. The predicted molar refractivity (Wildman–Crippen MR) is 73.4 cm³/mol. The number of ether oxygens (including phenoxy) is 1. The van der Waals surface area contributed by atoms with Gasteiger partial charge in [0.15, 0.2) is 0 Å². The van der Waals surface area contributed by atoms with Gasteiger partial charge in [-0.15, -0.1) is 0 Å². The molecule has 0 aromatic carbocycles. The van der Waals surface area contributed by atoms with E-state index in [2.05, 4.69) is 26.1 Å². The maximum absolute atomic E-state index is 12.1. The summed E-state index contributed by atoms with van der Waals surface area (Å²) < 4.78 is 5.53. The van der Waals surface area contributed by atoms with Crippen LogP contribution < -0.4 is 5.32 Å². The fraction of sp³-hybridized carbons (Fsp3) is 0.929. The number of carbonyl (C=O) groups is 1. The molecule has 1 amide bonds. The van der Waals surface area contributed by atoms with Gasteiger partial charge in [-0.3, -0.25) is 10.1 Å². The van der Waals surface area contributed by atoms with E-state index in [-0.39, 0.29) is 18.1 Å². The van der Waals surface area contributed by atoms with Gasteiger partial charge in [0.05, 0.1) is 12.2 Å². The van der Waals surface area contributed by atoms with Crippen molar-refractivity contribution in [3.63, 3.8) is 0 Å². The highest BCUT2D eigenvalue weighted by molar-refractivity contribution is 5.84. The Balaban J connectivity index is 2.24. The number of unbranched alkanes of at least 4 members (excludes halogenated alkanes) is 1. The van der Waals surface area contributed by atoms with Crippen LogP contribution in [0, 0.1) is 0 Å². The normalized spacial score (nSPS) is 23.9. The Labute approximate surface area is 111 Å². The zero-order chi connectivity index (χ0) is 13.4. The molecule has 2 unspecified atom stereocenters. The third-order valence-corrected chi connectivity index (χ3v) is 3.48. The van der Waals surface area contributed by atoms with Crippen molar-refractivity contribution in [2.75, 3.05) is 19.8 Å². The highest BCUT2D eigenvalue weighted by Crippen LogP contribution is 2.15. The Morgan fingerprint density at radius 2 is 1.89 bits per heavy atom. The van der Waals surface area contributed by atoms with E-state index in [0.717, 1.165) is 45.4 Å². The summed E-state index contributed by atoms with van der Waals surface area (Å²) in [6.45, 7) is 8.75. The van der Waals surface area contributed by atoms with Crippen molar-refractivity contribution in [3.8, 4) is 0 Å². The van der Waals surface area contributed by atoms with Crippen molar-refractivity contribution >= 4 is 5.91 Å². The van der Waals surface area contributed by atoms with Gasteiger partial charge in [-0.1, -0.05) is 27.2 Å². The van der Waals surface area contributed by atoms with Crippen molar-refractivity contribution < 1.29 is 9.53 Å². The van der Waals surface area contributed by atoms with Gasteiger partial charge in [-0.25, -0.2) is 0 Å². The predicted octanol–water partition coefficient (Wildman–Crippen LogP) is 2.14. The average Bonchev–Trinajstić information content (AvgIpc) is 2.70. The molecule has 0 radical (unpaired) electrons. The van der Waals surface area contributed by atoms with E-state index in [1.807, 2.05) is 4.90 Å². The van der Waals surface area contributed by atoms with Crippen LogP contribution in [-0.2, 0) is 9.53 Å². The van der Waals surface area contributed by atoms with E-state index in [1.54, 1.807) is 0 Å². The number of nitrogens with zero attached hydrogens (tertiary/aromatic N) is 1. The number of hydrogen-bond acceptors (Lipinski definition) is 3. The largest absolute Gasteiger partial charge is 0.381 e. The first-order valence-corrected chi connectivity index (χ1v) is 7.38. The van der Waals surface area contributed by atoms with Crippen molar-refractivity contribution in [1.29, 1.82) is 0 Å². The van der Waals surface area contributed by atoms with Gasteiger partial charge in [-0.05, 0) is 25.7 Å². The lowest BCUT2D eigenvalue weighted by Gasteiger charge is -2.22. The summed E-state index contributed by atoms with van der Waals surface area (Å²) in [5, 5.41) is 3.39. The minimum atomic E-state index is 0.0240. The van der Waals surface area contributed by atoms with Gasteiger partial charge in [0.2, 0.25) is 5.91 Å². The van der Waals surface area contributed by atoms with Crippen LogP contribution in [0.1, 0.15) is 52.9 Å². The SMILES string of the molecule is CCCCOCCCN1C(=O)C(CC)NC1CC. The monoisotopic (exact) mass is 256 g/mol. The Bertz CT molecular complexity index is 246. The number of nitrogens with one attached hydrogen (secondary N) is 1. The summed E-state index contributed by atoms with van der Waals surface area (Å²) in [6.07, 6.45) is 5.30. The van der Waals surface area contributed by atoms with Crippen LogP contribution in [0.5, 0.6) is 0 Å². The minimum Gasteiger partial charge on any atom is -0.381 e. The quantitative estimate of drug-likeness (QED) is 0.643. The zero-order valence-electron chi connectivity index (χ0n) is 12.1. The summed E-state index contributed by atoms with van der Waals surface area (Å²) in [5.41, 5.74) is 0. The fourth-order valence-corrected chi connectivity index (χ4v) is 2.33. The third kappa shape index (κ3) is 4.25. The van der Waals surface area contributed by atoms with Gasteiger partial charge in [0.1, 0.15) is 0 Å². The molecule has 1 fully saturated rings. The lowest BCUT2D eigenvalue weighted by molar-refractivity contribution is -0.130. The van der Waals surface area contributed by atoms with Gasteiger partial charge < -0.3 is 9.64 Å². The summed E-state index contributed by atoms with van der Waals surface area (Å²) in [6, 6.07) is 0.0240. The molecule has 4 heteroatoms. The molecule has 1 heterocycles. The first-order chi connectivity index (χ1) is 8.74. The first kappa shape index (κ1) is 15.4. The highest BCUT2D eigenvalue weighted by Gasteiger charge is 2.35. The smallest absolute Gasteiger partial charge is 0.241 e. The lowest BCUT2D eigenvalue weighted by atomic mass is 10.2. The maximum atomic E-state index is 12.1. The zero-order valence-corrected chi connectivity index (χ0v) is 12.1. The van der Waals surface area contributed by atoms with E-state index in [1.165, 1.54) is 6.42 Å². The molecular weight excluding hydrogens is 228 g/mol. The van der Waals surface area contributed by atoms with Crippen molar-refractivity contribution in [3.05, 3.63) is 0 Å². The van der Waals surface area contributed by atoms with Crippen LogP contribution in [0.2, 0.25) is 0 Å². The van der Waals surface area contributed by atoms with Crippen LogP contribution in [0.15, 0.2) is 0 Å². The molecule has 18 heavy (non-hydrogen) atoms. The molecule has 1 saturated heterocycles. The number of hydrogen-bond donors (Lipinski definition) is 1. The summed E-state index contributed by atoms with van der Waals surface area (Å²) in [4.78, 5) is 14.1. The molecule has 1 rings (SSSR count). The molecule has 1 aliphatic rings. The molecule has 4 nitrogen and oxygen atoms in total. The molecular formula is C14H28N2O2. The Kier molecular flexibility index (Phi) is 7.28. The van der Waals surface area contributed by atoms with Gasteiger partial charge in [0, 0.05) is 19.8 Å². The molecule has 0 aromatic rings. The minimum absolute atomic E-state index is 0.0240. The molecule has 0 spiro atoms. The first-order valence-electron chi connectivity index (χ1n) is 7.38.